The van der Waals surface area contributed by atoms with E-state index in [4.69, 9.17) is 9.97 Å². The quantitative estimate of drug-likeness (QED) is 0.267. The SMILES string of the molecule is CCC(/C=C\C=C1/CCCC=C1C1C=CC(c2nc3ccccc3n2C)=CC1)c1nc2ccccc2n1C. The lowest BCUT2D eigenvalue weighted by Gasteiger charge is -2.25. The highest BCUT2D eigenvalue weighted by Gasteiger charge is 2.21. The molecule has 0 fully saturated rings. The van der Waals surface area contributed by atoms with Crippen molar-refractivity contribution >= 4 is 27.6 Å². The van der Waals surface area contributed by atoms with E-state index in [1.165, 1.54) is 40.6 Å². The number of aromatic nitrogens is 4. The summed E-state index contributed by atoms with van der Waals surface area (Å²) in [7, 11) is 4.24. The molecule has 0 radical (unpaired) electrons. The second kappa shape index (κ2) is 10.4. The highest BCUT2D eigenvalue weighted by Crippen LogP contribution is 2.36. The fourth-order valence-electron chi connectivity index (χ4n) is 6.02. The van der Waals surface area contributed by atoms with Gasteiger partial charge in [-0.1, -0.05) is 73.7 Å². The number of para-hydroxylation sites is 4. The van der Waals surface area contributed by atoms with Crippen LogP contribution in [0.5, 0.6) is 0 Å². The molecule has 0 N–H and O–H groups in total. The first-order valence-corrected chi connectivity index (χ1v) is 13.9. The molecule has 0 bridgehead atoms. The monoisotopic (exact) mass is 500 g/mol. The fraction of sp³-hybridized carbons (Fsp3) is 0.294. The van der Waals surface area contributed by atoms with Crippen molar-refractivity contribution < 1.29 is 0 Å². The zero-order valence-electron chi connectivity index (χ0n) is 22.6. The highest BCUT2D eigenvalue weighted by atomic mass is 15.1. The molecule has 4 aromatic rings. The molecule has 0 saturated heterocycles. The molecular weight excluding hydrogens is 464 g/mol. The molecule has 192 valence electrons. The van der Waals surface area contributed by atoms with E-state index in [1.54, 1.807) is 0 Å². The van der Waals surface area contributed by atoms with E-state index >= 15 is 0 Å². The molecule has 0 amide bonds. The van der Waals surface area contributed by atoms with Crippen molar-refractivity contribution in [3.05, 3.63) is 114 Å². The molecule has 2 aromatic heterocycles. The summed E-state index contributed by atoms with van der Waals surface area (Å²) in [5, 5.41) is 0. The van der Waals surface area contributed by atoms with Crippen LogP contribution in [0.3, 0.4) is 0 Å². The predicted molar refractivity (Wildman–Crippen MR) is 159 cm³/mol. The molecule has 38 heavy (non-hydrogen) atoms. The van der Waals surface area contributed by atoms with E-state index in [9.17, 15) is 0 Å². The molecular formula is C34H36N4. The molecule has 0 aliphatic heterocycles. The summed E-state index contributed by atoms with van der Waals surface area (Å²) >= 11 is 0. The number of imidazole rings is 2. The lowest BCUT2D eigenvalue weighted by molar-refractivity contribution is 0.697. The van der Waals surface area contributed by atoms with Crippen LogP contribution in [0.1, 0.15) is 56.6 Å². The Labute approximate surface area is 225 Å². The van der Waals surface area contributed by atoms with Gasteiger partial charge in [0.25, 0.3) is 0 Å². The summed E-state index contributed by atoms with van der Waals surface area (Å²) < 4.78 is 4.45. The summed E-state index contributed by atoms with van der Waals surface area (Å²) in [6.07, 6.45) is 22.0. The minimum atomic E-state index is 0.300. The topological polar surface area (TPSA) is 35.6 Å². The Morgan fingerprint density at radius 1 is 0.947 bits per heavy atom. The number of nitrogens with zero attached hydrogens (tertiary/aromatic N) is 4. The summed E-state index contributed by atoms with van der Waals surface area (Å²) in [5.74, 6) is 2.91. The average Bonchev–Trinajstić information content (AvgIpc) is 3.48. The Balaban J connectivity index is 1.20. The third-order valence-electron chi connectivity index (χ3n) is 8.16. The van der Waals surface area contributed by atoms with E-state index in [0.717, 1.165) is 41.9 Å². The van der Waals surface area contributed by atoms with Crippen molar-refractivity contribution in [1.82, 2.24) is 19.1 Å². The van der Waals surface area contributed by atoms with Crippen molar-refractivity contribution in [2.45, 2.75) is 44.9 Å². The van der Waals surface area contributed by atoms with E-state index < -0.39 is 0 Å². The predicted octanol–water partition coefficient (Wildman–Crippen LogP) is 8.21. The maximum atomic E-state index is 4.95. The third-order valence-corrected chi connectivity index (χ3v) is 8.16. The minimum Gasteiger partial charge on any atom is -0.331 e. The van der Waals surface area contributed by atoms with E-state index in [2.05, 4.69) is 121 Å². The van der Waals surface area contributed by atoms with Crippen molar-refractivity contribution in [2.75, 3.05) is 0 Å². The zero-order valence-corrected chi connectivity index (χ0v) is 22.6. The largest absolute Gasteiger partial charge is 0.331 e. The van der Waals surface area contributed by atoms with E-state index in [0.29, 0.717) is 11.8 Å². The lowest BCUT2D eigenvalue weighted by Crippen LogP contribution is -2.10. The van der Waals surface area contributed by atoms with Gasteiger partial charge in [-0.3, -0.25) is 0 Å². The molecule has 4 nitrogen and oxygen atoms in total. The van der Waals surface area contributed by atoms with Crippen LogP contribution in [-0.2, 0) is 14.1 Å². The van der Waals surface area contributed by atoms with Gasteiger partial charge in [-0.25, -0.2) is 9.97 Å². The van der Waals surface area contributed by atoms with Gasteiger partial charge in [0.2, 0.25) is 0 Å². The summed E-state index contributed by atoms with van der Waals surface area (Å²) in [6, 6.07) is 16.8. The first kappa shape index (κ1) is 24.4. The molecule has 4 heteroatoms. The average molecular weight is 501 g/mol. The van der Waals surface area contributed by atoms with Crippen molar-refractivity contribution in [1.29, 1.82) is 0 Å². The molecule has 2 aromatic carbocycles. The minimum absolute atomic E-state index is 0.300. The molecule has 2 aliphatic rings. The molecule has 2 unspecified atom stereocenters. The smallest absolute Gasteiger partial charge is 0.140 e. The van der Waals surface area contributed by atoms with Crippen LogP contribution >= 0.6 is 0 Å². The van der Waals surface area contributed by atoms with Crippen LogP contribution in [0.2, 0.25) is 0 Å². The molecule has 6 rings (SSSR count). The first-order valence-electron chi connectivity index (χ1n) is 13.9. The van der Waals surface area contributed by atoms with Crippen molar-refractivity contribution in [2.24, 2.45) is 20.0 Å². The Bertz CT molecular complexity index is 1640. The van der Waals surface area contributed by atoms with Gasteiger partial charge in [0.05, 0.1) is 22.1 Å². The number of allylic oxidation sites excluding steroid dienone is 10. The van der Waals surface area contributed by atoms with Crippen LogP contribution in [-0.4, -0.2) is 19.1 Å². The summed E-state index contributed by atoms with van der Waals surface area (Å²) in [5.41, 5.74) is 8.68. The van der Waals surface area contributed by atoms with Gasteiger partial charge >= 0.3 is 0 Å². The van der Waals surface area contributed by atoms with Crippen LogP contribution in [0, 0.1) is 5.92 Å². The van der Waals surface area contributed by atoms with Crippen molar-refractivity contribution in [3.63, 3.8) is 0 Å². The number of rotatable bonds is 6. The molecule has 2 aliphatic carbocycles. The molecule has 2 atom stereocenters. The number of fused-ring (bicyclic) bond motifs is 2. The fourth-order valence-corrected chi connectivity index (χ4v) is 6.02. The maximum Gasteiger partial charge on any atom is 0.140 e. The first-order chi connectivity index (χ1) is 18.6. The van der Waals surface area contributed by atoms with E-state index in [1.807, 2.05) is 0 Å². The Kier molecular flexibility index (Phi) is 6.71. The maximum absolute atomic E-state index is 4.95. The van der Waals surface area contributed by atoms with Crippen LogP contribution in [0.25, 0.3) is 27.6 Å². The van der Waals surface area contributed by atoms with Crippen LogP contribution in [0.15, 0.2) is 102 Å². The summed E-state index contributed by atoms with van der Waals surface area (Å²) in [4.78, 5) is 9.85. The molecule has 0 spiro atoms. The Morgan fingerprint density at radius 2 is 1.68 bits per heavy atom. The van der Waals surface area contributed by atoms with Gasteiger partial charge < -0.3 is 9.13 Å². The van der Waals surface area contributed by atoms with Crippen LogP contribution in [0.4, 0.5) is 0 Å². The van der Waals surface area contributed by atoms with Gasteiger partial charge in [-0.15, -0.1) is 0 Å². The Morgan fingerprint density at radius 3 is 2.37 bits per heavy atom. The highest BCUT2D eigenvalue weighted by molar-refractivity contribution is 5.82. The second-order valence-corrected chi connectivity index (χ2v) is 10.5. The second-order valence-electron chi connectivity index (χ2n) is 10.5. The van der Waals surface area contributed by atoms with E-state index in [-0.39, 0.29) is 0 Å². The Hall–Kier alpha value is -3.92. The number of hydrogen-bond donors (Lipinski definition) is 0. The zero-order chi connectivity index (χ0) is 26.1. The van der Waals surface area contributed by atoms with Crippen molar-refractivity contribution in [3.8, 4) is 0 Å². The van der Waals surface area contributed by atoms with Gasteiger partial charge in [0.1, 0.15) is 11.6 Å². The number of hydrogen-bond acceptors (Lipinski definition) is 2. The van der Waals surface area contributed by atoms with Gasteiger partial charge in [-0.2, -0.15) is 0 Å². The standard InChI is InChI=1S/C34H36N4/c1-4-24(33-35-29-16-7-9-18-31(29)37(33)2)13-11-14-25-12-5-6-15-28(25)26-20-22-27(23-21-26)34-36-30-17-8-10-19-32(30)38(34)3/h7-11,13-20,22-24,26H,4-6,12,21H2,1-3H3/b13-11-,25-14+. The normalized spacial score (nSPS) is 20.0. The number of aryl methyl sites for hydroxylation is 2. The van der Waals surface area contributed by atoms with Gasteiger partial charge in [0.15, 0.2) is 0 Å². The molecule has 0 saturated carbocycles. The number of benzene rings is 2. The molecule has 2 heterocycles. The summed E-state index contributed by atoms with van der Waals surface area (Å²) in [6.45, 7) is 2.24. The lowest BCUT2D eigenvalue weighted by atomic mass is 9.80. The van der Waals surface area contributed by atoms with Crippen LogP contribution < -0.4 is 0 Å². The third kappa shape index (κ3) is 4.49. The van der Waals surface area contributed by atoms with Gasteiger partial charge in [0, 0.05) is 31.5 Å². The van der Waals surface area contributed by atoms with Gasteiger partial charge in [-0.05, 0) is 67.5 Å².